The summed E-state index contributed by atoms with van der Waals surface area (Å²) in [6.45, 7) is 0.903. The van der Waals surface area contributed by atoms with Gasteiger partial charge in [0.05, 0.1) is 40.6 Å². The third-order valence-corrected chi connectivity index (χ3v) is 7.30. The number of benzene rings is 2. The SMILES string of the molecule is COC(=O)c1ccc(C2CC2)c(S(=O)(=O)Nc2cc(C#N)ccc2N2CCC(F)CC2)c1. The molecule has 0 aromatic heterocycles. The summed E-state index contributed by atoms with van der Waals surface area (Å²) in [7, 11) is -2.84. The van der Waals surface area contributed by atoms with Gasteiger partial charge in [0, 0.05) is 13.1 Å². The Kier molecular flexibility index (Phi) is 6.07. The minimum atomic E-state index is -4.08. The standard InChI is InChI=1S/C23H24FN3O4S/c1-31-23(28)17-5-6-19(16-3-4-16)22(13-17)32(29,30)26-20-12-15(14-25)2-7-21(20)27-10-8-18(24)9-11-27/h2,5-7,12-13,16,18,26H,3-4,8-11H2,1H3. The second-order valence-corrected chi connectivity index (χ2v) is 9.78. The number of hydrogen-bond acceptors (Lipinski definition) is 6. The molecule has 168 valence electrons. The lowest BCUT2D eigenvalue weighted by atomic mass is 10.1. The summed E-state index contributed by atoms with van der Waals surface area (Å²) in [4.78, 5) is 14.0. The van der Waals surface area contributed by atoms with E-state index in [-0.39, 0.29) is 22.1 Å². The molecule has 7 nitrogen and oxygen atoms in total. The van der Waals surface area contributed by atoms with Crippen molar-refractivity contribution in [2.75, 3.05) is 29.8 Å². The summed E-state index contributed by atoms with van der Waals surface area (Å²) in [5.41, 5.74) is 1.95. The average molecular weight is 458 g/mol. The highest BCUT2D eigenvalue weighted by Gasteiger charge is 2.32. The number of carbonyl (C=O) groups is 1. The number of anilines is 2. The predicted octanol–water partition coefficient (Wildman–Crippen LogP) is 3.96. The minimum absolute atomic E-state index is 0.0266. The van der Waals surface area contributed by atoms with Gasteiger partial charge in [-0.25, -0.2) is 17.6 Å². The first-order chi connectivity index (χ1) is 15.3. The van der Waals surface area contributed by atoms with Crippen LogP contribution >= 0.6 is 0 Å². The van der Waals surface area contributed by atoms with E-state index in [9.17, 15) is 22.9 Å². The van der Waals surface area contributed by atoms with Gasteiger partial charge in [0.15, 0.2) is 0 Å². The van der Waals surface area contributed by atoms with E-state index < -0.39 is 22.2 Å². The molecule has 1 heterocycles. The Morgan fingerprint density at radius 1 is 1.16 bits per heavy atom. The number of nitrogens with zero attached hydrogens (tertiary/aromatic N) is 2. The Hall–Kier alpha value is -3.12. The zero-order valence-electron chi connectivity index (χ0n) is 17.7. The zero-order chi connectivity index (χ0) is 22.9. The van der Waals surface area contributed by atoms with Crippen LogP contribution in [0.1, 0.15) is 53.1 Å². The van der Waals surface area contributed by atoms with Crippen LogP contribution in [0.5, 0.6) is 0 Å². The van der Waals surface area contributed by atoms with Gasteiger partial charge in [-0.3, -0.25) is 4.72 Å². The number of nitrogens with one attached hydrogen (secondary N) is 1. The van der Waals surface area contributed by atoms with Crippen LogP contribution in [0.15, 0.2) is 41.3 Å². The molecule has 2 fully saturated rings. The quantitative estimate of drug-likeness (QED) is 0.659. The number of rotatable bonds is 6. The van der Waals surface area contributed by atoms with Gasteiger partial charge < -0.3 is 9.64 Å². The van der Waals surface area contributed by atoms with Crippen LogP contribution < -0.4 is 9.62 Å². The second kappa shape index (κ2) is 8.79. The summed E-state index contributed by atoms with van der Waals surface area (Å²) in [5, 5.41) is 9.32. The molecule has 1 aliphatic carbocycles. The van der Waals surface area contributed by atoms with Gasteiger partial charge in [-0.1, -0.05) is 6.07 Å². The van der Waals surface area contributed by atoms with E-state index in [1.165, 1.54) is 19.2 Å². The molecule has 0 bridgehead atoms. The van der Waals surface area contributed by atoms with Crippen LogP contribution in [0.3, 0.4) is 0 Å². The molecule has 0 radical (unpaired) electrons. The number of nitriles is 1. The molecule has 1 N–H and O–H groups in total. The van der Waals surface area contributed by atoms with Gasteiger partial charge in [0.25, 0.3) is 10.0 Å². The van der Waals surface area contributed by atoms with Crippen LogP contribution in [-0.4, -0.2) is 40.8 Å². The molecule has 0 amide bonds. The fourth-order valence-corrected chi connectivity index (χ4v) is 5.39. The topological polar surface area (TPSA) is 99.5 Å². The molecular weight excluding hydrogens is 433 g/mol. The van der Waals surface area contributed by atoms with Crippen molar-refractivity contribution in [2.45, 2.75) is 42.7 Å². The van der Waals surface area contributed by atoms with Gasteiger partial charge >= 0.3 is 5.97 Å². The van der Waals surface area contributed by atoms with Gasteiger partial charge in [-0.15, -0.1) is 0 Å². The molecule has 2 aliphatic rings. The van der Waals surface area contributed by atoms with Crippen molar-refractivity contribution < 1.29 is 22.3 Å². The summed E-state index contributed by atoms with van der Waals surface area (Å²) in [5.74, 6) is -0.494. The minimum Gasteiger partial charge on any atom is -0.465 e. The van der Waals surface area contributed by atoms with Crippen LogP contribution in [0.2, 0.25) is 0 Å². The highest BCUT2D eigenvalue weighted by molar-refractivity contribution is 7.92. The van der Waals surface area contributed by atoms with E-state index in [1.807, 2.05) is 11.0 Å². The molecule has 32 heavy (non-hydrogen) atoms. The van der Waals surface area contributed by atoms with Crippen molar-refractivity contribution in [1.29, 1.82) is 5.26 Å². The van der Waals surface area contributed by atoms with Crippen LogP contribution in [0, 0.1) is 11.3 Å². The Balaban J connectivity index is 1.74. The number of sulfonamides is 1. The lowest BCUT2D eigenvalue weighted by molar-refractivity contribution is 0.0600. The fraction of sp³-hybridized carbons (Fsp3) is 0.391. The van der Waals surface area contributed by atoms with Crippen LogP contribution in [0.4, 0.5) is 15.8 Å². The van der Waals surface area contributed by atoms with E-state index in [1.54, 1.807) is 24.3 Å². The maximum absolute atomic E-state index is 13.6. The van der Waals surface area contributed by atoms with Crippen LogP contribution in [0.25, 0.3) is 0 Å². The molecule has 1 saturated carbocycles. The van der Waals surface area contributed by atoms with Crippen molar-refractivity contribution >= 4 is 27.4 Å². The third-order valence-electron chi connectivity index (χ3n) is 5.88. The number of methoxy groups -OCH3 is 1. The Morgan fingerprint density at radius 3 is 2.50 bits per heavy atom. The van der Waals surface area contributed by atoms with Crippen molar-refractivity contribution in [2.24, 2.45) is 0 Å². The van der Waals surface area contributed by atoms with E-state index in [0.717, 1.165) is 12.8 Å². The predicted molar refractivity (Wildman–Crippen MR) is 118 cm³/mol. The lowest BCUT2D eigenvalue weighted by Gasteiger charge is -2.32. The van der Waals surface area contributed by atoms with E-state index in [0.29, 0.717) is 42.7 Å². The Labute approximate surface area is 186 Å². The van der Waals surface area contributed by atoms with Gasteiger partial charge in [-0.2, -0.15) is 5.26 Å². The first-order valence-electron chi connectivity index (χ1n) is 10.5. The fourth-order valence-electron chi connectivity index (χ4n) is 4.00. The molecule has 2 aromatic rings. The highest BCUT2D eigenvalue weighted by Crippen LogP contribution is 2.43. The van der Waals surface area contributed by atoms with Crippen molar-refractivity contribution in [3.63, 3.8) is 0 Å². The molecule has 1 saturated heterocycles. The molecule has 0 atom stereocenters. The summed E-state index contributed by atoms with van der Waals surface area (Å²) in [6, 6.07) is 11.4. The maximum Gasteiger partial charge on any atom is 0.337 e. The Morgan fingerprint density at radius 2 is 1.88 bits per heavy atom. The molecule has 2 aromatic carbocycles. The highest BCUT2D eigenvalue weighted by atomic mass is 32.2. The summed E-state index contributed by atoms with van der Waals surface area (Å²) >= 11 is 0. The molecule has 9 heteroatoms. The molecule has 4 rings (SSSR count). The van der Waals surface area contributed by atoms with Crippen molar-refractivity contribution in [3.8, 4) is 6.07 Å². The van der Waals surface area contributed by atoms with Gasteiger partial charge in [0.1, 0.15) is 6.17 Å². The van der Waals surface area contributed by atoms with E-state index in [4.69, 9.17) is 4.74 Å². The average Bonchev–Trinajstić information content (AvgIpc) is 3.64. The first kappa shape index (κ1) is 22.1. The van der Waals surface area contributed by atoms with Gasteiger partial charge in [0.2, 0.25) is 0 Å². The number of hydrogen-bond donors (Lipinski definition) is 1. The number of piperidine rings is 1. The molecule has 0 spiro atoms. The normalized spacial score (nSPS) is 17.0. The molecule has 1 aliphatic heterocycles. The number of carbonyl (C=O) groups excluding carboxylic acids is 1. The summed E-state index contributed by atoms with van der Waals surface area (Å²) in [6.07, 6.45) is 1.62. The number of ether oxygens (including phenoxy) is 1. The van der Waals surface area contributed by atoms with Crippen LogP contribution in [-0.2, 0) is 14.8 Å². The number of esters is 1. The van der Waals surface area contributed by atoms with E-state index in [2.05, 4.69) is 4.72 Å². The molecular formula is C23H24FN3O4S. The summed E-state index contributed by atoms with van der Waals surface area (Å²) < 4.78 is 48.0. The zero-order valence-corrected chi connectivity index (χ0v) is 18.5. The van der Waals surface area contributed by atoms with E-state index >= 15 is 0 Å². The maximum atomic E-state index is 13.6. The number of alkyl halides is 1. The first-order valence-corrected chi connectivity index (χ1v) is 12.0. The second-order valence-electron chi connectivity index (χ2n) is 8.13. The Bertz CT molecular complexity index is 1180. The number of halogens is 1. The third kappa shape index (κ3) is 4.55. The molecule has 0 unspecified atom stereocenters. The monoisotopic (exact) mass is 457 g/mol. The largest absolute Gasteiger partial charge is 0.465 e. The smallest absolute Gasteiger partial charge is 0.337 e. The van der Waals surface area contributed by atoms with Crippen molar-refractivity contribution in [1.82, 2.24) is 0 Å². The lowest BCUT2D eigenvalue weighted by Crippen LogP contribution is -2.35. The van der Waals surface area contributed by atoms with Gasteiger partial charge in [-0.05, 0) is 67.5 Å². The van der Waals surface area contributed by atoms with Crippen molar-refractivity contribution in [3.05, 3.63) is 53.1 Å².